The molecule has 1 N–H and O–H groups in total. The number of halogens is 6. The highest BCUT2D eigenvalue weighted by Crippen LogP contribution is 2.34. The summed E-state index contributed by atoms with van der Waals surface area (Å²) in [5, 5.41) is 8.67. The number of allylic oxidation sites excluding steroid dienone is 3. The van der Waals surface area contributed by atoms with Gasteiger partial charge in [0.15, 0.2) is 5.03 Å². The van der Waals surface area contributed by atoms with Gasteiger partial charge in [-0.15, -0.1) is 16.7 Å². The van der Waals surface area contributed by atoms with Gasteiger partial charge in [0.2, 0.25) is 0 Å². The first-order valence-electron chi connectivity index (χ1n) is 10.6. The lowest BCUT2D eigenvalue weighted by atomic mass is 9.94. The molecule has 1 aromatic carbocycles. The molecule has 0 spiro atoms. The Hall–Kier alpha value is -2.86. The number of carbonyl (C=O) groups excluding carboxylic acids is 1. The van der Waals surface area contributed by atoms with Gasteiger partial charge in [-0.05, 0) is 37.1 Å². The number of rotatable bonds is 6. The number of hydrogen-bond acceptors (Lipinski definition) is 5. The molecule has 1 aliphatic rings. The molecule has 1 heterocycles. The number of aromatic nitrogens is 2. The third-order valence-corrected chi connectivity index (χ3v) is 8.20. The van der Waals surface area contributed by atoms with Crippen molar-refractivity contribution < 1.29 is 31.0 Å². The van der Waals surface area contributed by atoms with E-state index in [1.807, 2.05) is 0 Å². The maximum atomic E-state index is 14.8. The van der Waals surface area contributed by atoms with Crippen LogP contribution in [-0.4, -0.2) is 45.2 Å². The van der Waals surface area contributed by atoms with Crippen LogP contribution in [0.15, 0.2) is 68.4 Å². The fraction of sp³-hybridized carbons (Fsp3) is 0.348. The molecule has 1 amide bonds. The lowest BCUT2D eigenvalue weighted by Crippen LogP contribution is -2.39. The van der Waals surface area contributed by atoms with Crippen molar-refractivity contribution >= 4 is 27.2 Å². The van der Waals surface area contributed by atoms with Crippen molar-refractivity contribution in [3.8, 4) is 0 Å². The highest BCUT2D eigenvalue weighted by molar-refractivity contribution is 7.93. The molecule has 2 unspecified atom stereocenters. The molecule has 0 radical (unpaired) electrons. The Labute approximate surface area is 209 Å². The van der Waals surface area contributed by atoms with Crippen molar-refractivity contribution in [2.24, 2.45) is 10.3 Å². The van der Waals surface area contributed by atoms with Gasteiger partial charge in [-0.3, -0.25) is 4.79 Å². The summed E-state index contributed by atoms with van der Waals surface area (Å²) in [6, 6.07) is 4.78. The fourth-order valence-electron chi connectivity index (χ4n) is 3.43. The van der Waals surface area contributed by atoms with E-state index in [9.17, 15) is 31.0 Å². The van der Waals surface area contributed by atoms with Gasteiger partial charge < -0.3 is 5.32 Å². The maximum Gasteiger partial charge on any atom is 0.416 e. The van der Waals surface area contributed by atoms with E-state index in [0.717, 1.165) is 31.3 Å². The molecule has 3 rings (SSSR count). The number of amides is 1. The average molecular weight is 549 g/mol. The van der Waals surface area contributed by atoms with Gasteiger partial charge in [0, 0.05) is 12.6 Å². The predicted octanol–water partition coefficient (Wildman–Crippen LogP) is 5.42. The van der Waals surface area contributed by atoms with Crippen molar-refractivity contribution in [2.45, 2.75) is 41.2 Å². The fourth-order valence-corrected chi connectivity index (χ4v) is 5.33. The van der Waals surface area contributed by atoms with Crippen LogP contribution in [0.5, 0.6) is 0 Å². The van der Waals surface area contributed by atoms with Gasteiger partial charge in [-0.1, -0.05) is 31.2 Å². The largest absolute Gasteiger partial charge is 0.416 e. The number of carbonyl (C=O) groups is 1. The average Bonchev–Trinajstić information content (AvgIpc) is 2.83. The number of nitrogens with one attached hydrogen (secondary N) is 1. The topological polar surface area (TPSA) is 84.3 Å². The van der Waals surface area contributed by atoms with Gasteiger partial charge in [0.05, 0.1) is 33.6 Å². The first-order chi connectivity index (χ1) is 16.7. The van der Waals surface area contributed by atoms with Crippen LogP contribution in [0.3, 0.4) is 0 Å². The summed E-state index contributed by atoms with van der Waals surface area (Å²) in [7, 11) is -2.79. The van der Waals surface area contributed by atoms with Crippen molar-refractivity contribution in [1.29, 1.82) is 0 Å². The van der Waals surface area contributed by atoms with E-state index < -0.39 is 55.8 Å². The van der Waals surface area contributed by atoms with Gasteiger partial charge in [0.25, 0.3) is 11.8 Å². The number of aryl methyl sites for hydroxylation is 1. The van der Waals surface area contributed by atoms with Gasteiger partial charge >= 0.3 is 6.18 Å². The summed E-state index contributed by atoms with van der Waals surface area (Å²) in [6.07, 6.45) is -0.801. The molecule has 0 fully saturated rings. The summed E-state index contributed by atoms with van der Waals surface area (Å²) in [5.41, 5.74) is -1.61. The van der Waals surface area contributed by atoms with Gasteiger partial charge in [-0.2, -0.15) is 27.1 Å². The Morgan fingerprint density at radius 2 is 1.89 bits per heavy atom. The molecule has 194 valence electrons. The van der Waals surface area contributed by atoms with Crippen molar-refractivity contribution in [3.63, 3.8) is 0 Å². The maximum absolute atomic E-state index is 14.8. The molecule has 1 aliphatic carbocycles. The van der Waals surface area contributed by atoms with E-state index in [2.05, 4.69) is 19.9 Å². The molecular weight excluding hydrogens is 527 g/mol. The van der Waals surface area contributed by atoms with Crippen molar-refractivity contribution in [1.82, 2.24) is 15.5 Å². The van der Waals surface area contributed by atoms with Gasteiger partial charge in [-0.25, -0.2) is 8.57 Å². The van der Waals surface area contributed by atoms with E-state index in [1.165, 1.54) is 25.2 Å². The normalized spacial score (nSPS) is 19.9. The summed E-state index contributed by atoms with van der Waals surface area (Å²) in [6.45, 7) is 2.03. The number of benzene rings is 1. The standard InChI is InChI=1S/C23H22ClF5N4O2S/c1-13-9-15(7-8-19(13)24)22(25,26)12-31-20(34)18-10-14(2)32-33-21(18)36(35,30-3)17-6-4-5-16(11-17)23(27,28)29/h4-11,13,19H,12H2,1-3H3,(H,31,34)/t13?,19?,36-/m0/s1. The molecular formula is C23H22ClF5N4O2S. The van der Waals surface area contributed by atoms with E-state index >= 15 is 0 Å². The molecule has 3 atom stereocenters. The molecule has 36 heavy (non-hydrogen) atoms. The smallest absolute Gasteiger partial charge is 0.346 e. The van der Waals surface area contributed by atoms with E-state index in [0.29, 0.717) is 6.07 Å². The molecule has 1 aromatic heterocycles. The highest BCUT2D eigenvalue weighted by Gasteiger charge is 2.37. The van der Waals surface area contributed by atoms with Crippen molar-refractivity contribution in [3.05, 3.63) is 71.0 Å². The number of hydrogen-bond donors (Lipinski definition) is 1. The third kappa shape index (κ3) is 5.75. The quantitative estimate of drug-likeness (QED) is 0.386. The number of nitrogens with zero attached hydrogens (tertiary/aromatic N) is 3. The van der Waals surface area contributed by atoms with E-state index in [-0.39, 0.29) is 22.1 Å². The zero-order valence-electron chi connectivity index (χ0n) is 19.3. The second-order valence-electron chi connectivity index (χ2n) is 8.11. The summed E-state index contributed by atoms with van der Waals surface area (Å²) in [4.78, 5) is 12.6. The number of alkyl halides is 6. The van der Waals surface area contributed by atoms with Crippen LogP contribution in [0.2, 0.25) is 0 Å². The molecule has 0 aliphatic heterocycles. The minimum atomic E-state index is -4.72. The molecule has 0 saturated heterocycles. The second kappa shape index (κ2) is 10.3. The Balaban J connectivity index is 1.97. The molecule has 0 bridgehead atoms. The third-order valence-electron chi connectivity index (χ3n) is 5.42. The van der Waals surface area contributed by atoms with Crippen LogP contribution in [0.25, 0.3) is 0 Å². The van der Waals surface area contributed by atoms with E-state index in [4.69, 9.17) is 11.6 Å². The van der Waals surface area contributed by atoms with Crippen LogP contribution in [0.4, 0.5) is 22.0 Å². The monoisotopic (exact) mass is 548 g/mol. The SMILES string of the molecule is CN=[S@](=O)(c1cccc(C(F)(F)F)c1)c1nnc(C)cc1C(=O)NCC(F)(F)C1=CC(C)C(Cl)C=C1. The summed E-state index contributed by atoms with van der Waals surface area (Å²) < 4.78 is 86.8. The van der Waals surface area contributed by atoms with Crippen LogP contribution in [0, 0.1) is 12.8 Å². The van der Waals surface area contributed by atoms with Crippen LogP contribution in [-0.2, 0) is 15.9 Å². The van der Waals surface area contributed by atoms with Crippen LogP contribution < -0.4 is 5.32 Å². The molecule has 2 aromatic rings. The predicted molar refractivity (Wildman–Crippen MR) is 125 cm³/mol. The minimum Gasteiger partial charge on any atom is -0.346 e. The summed E-state index contributed by atoms with van der Waals surface area (Å²) >= 11 is 6.01. The molecule has 0 saturated carbocycles. The van der Waals surface area contributed by atoms with Crippen LogP contribution in [0.1, 0.15) is 28.5 Å². The van der Waals surface area contributed by atoms with Gasteiger partial charge in [0.1, 0.15) is 9.73 Å². The zero-order chi connectivity index (χ0) is 26.9. The summed E-state index contributed by atoms with van der Waals surface area (Å²) in [5.74, 6) is -4.87. The Kier molecular flexibility index (Phi) is 7.89. The highest BCUT2D eigenvalue weighted by atomic mass is 35.5. The Morgan fingerprint density at radius 1 is 1.19 bits per heavy atom. The van der Waals surface area contributed by atoms with E-state index in [1.54, 1.807) is 6.92 Å². The molecule has 13 heteroatoms. The minimum absolute atomic E-state index is 0.192. The lowest BCUT2D eigenvalue weighted by molar-refractivity contribution is -0.137. The van der Waals surface area contributed by atoms with Crippen molar-refractivity contribution in [2.75, 3.05) is 13.6 Å². The molecule has 6 nitrogen and oxygen atoms in total. The van der Waals surface area contributed by atoms with Crippen LogP contribution >= 0.6 is 11.6 Å². The first-order valence-corrected chi connectivity index (χ1v) is 12.5. The Morgan fingerprint density at radius 3 is 2.50 bits per heavy atom. The Bertz CT molecular complexity index is 1350. The second-order valence-corrected chi connectivity index (χ2v) is 10.9. The zero-order valence-corrected chi connectivity index (χ0v) is 20.9. The lowest BCUT2D eigenvalue weighted by Gasteiger charge is -2.24. The first kappa shape index (κ1) is 27.7.